The molecular formula is C35H54N4O. The van der Waals surface area contributed by atoms with Crippen LogP contribution in [-0.4, -0.2) is 56.9 Å². The molecule has 0 aromatic heterocycles. The highest BCUT2D eigenvalue weighted by Crippen LogP contribution is 2.48. The minimum atomic E-state index is -0.689. The lowest BCUT2D eigenvalue weighted by atomic mass is 9.66. The number of anilines is 1. The van der Waals surface area contributed by atoms with Gasteiger partial charge >= 0.3 is 0 Å². The summed E-state index contributed by atoms with van der Waals surface area (Å²) in [6.45, 7) is 28.0. The van der Waals surface area contributed by atoms with Crippen molar-refractivity contribution in [3.8, 4) is 0 Å². The van der Waals surface area contributed by atoms with Gasteiger partial charge in [0.05, 0.1) is 6.10 Å². The van der Waals surface area contributed by atoms with E-state index in [0.29, 0.717) is 11.3 Å². The zero-order valence-corrected chi connectivity index (χ0v) is 26.8. The number of hydrogen-bond acceptors (Lipinski definition) is 5. The Hall–Kier alpha value is -2.60. The quantitative estimate of drug-likeness (QED) is 0.374. The molecule has 40 heavy (non-hydrogen) atoms. The molecule has 2 aliphatic carbocycles. The van der Waals surface area contributed by atoms with Gasteiger partial charge in [0.1, 0.15) is 0 Å². The van der Waals surface area contributed by atoms with Crippen LogP contribution in [0.25, 0.3) is 5.57 Å². The second kappa shape index (κ2) is 12.1. The van der Waals surface area contributed by atoms with Crippen molar-refractivity contribution >= 4 is 11.3 Å². The second-order valence-electron chi connectivity index (χ2n) is 13.6. The molecule has 0 heterocycles. The molecule has 5 heteroatoms. The van der Waals surface area contributed by atoms with Crippen molar-refractivity contribution in [3.63, 3.8) is 0 Å². The summed E-state index contributed by atoms with van der Waals surface area (Å²) in [6, 6.07) is 2.40. The number of fused-ring (bicyclic) bond motifs is 1. The molecule has 0 fully saturated rings. The number of benzene rings is 1. The van der Waals surface area contributed by atoms with Gasteiger partial charge in [0.15, 0.2) is 0 Å². The molecule has 2 aliphatic rings. The maximum Gasteiger partial charge on any atom is 0.0837 e. The molecule has 0 saturated heterocycles. The van der Waals surface area contributed by atoms with Crippen LogP contribution in [0, 0.1) is 24.2 Å². The molecule has 0 amide bonds. The smallest absolute Gasteiger partial charge is 0.0837 e. The molecule has 220 valence electrons. The van der Waals surface area contributed by atoms with Crippen molar-refractivity contribution in [1.29, 1.82) is 0 Å². The van der Waals surface area contributed by atoms with E-state index in [1.807, 2.05) is 0 Å². The van der Waals surface area contributed by atoms with Crippen molar-refractivity contribution in [2.45, 2.75) is 73.1 Å². The summed E-state index contributed by atoms with van der Waals surface area (Å²) in [5, 5.41) is 15.3. The highest BCUT2D eigenvalue weighted by molar-refractivity contribution is 5.87. The first kappa shape index (κ1) is 31.9. The van der Waals surface area contributed by atoms with Gasteiger partial charge in [0.25, 0.3) is 0 Å². The van der Waals surface area contributed by atoms with E-state index in [2.05, 4.69) is 117 Å². The van der Waals surface area contributed by atoms with Crippen LogP contribution >= 0.6 is 0 Å². The van der Waals surface area contributed by atoms with Crippen LogP contribution in [0.1, 0.15) is 63.3 Å². The lowest BCUT2D eigenvalue weighted by molar-refractivity contribution is 0.0723. The summed E-state index contributed by atoms with van der Waals surface area (Å²) in [5.74, 6) is 0.211. The fraction of sp³-hybridized carbons (Fsp3) is 0.543. The van der Waals surface area contributed by atoms with E-state index in [-0.39, 0.29) is 23.3 Å². The van der Waals surface area contributed by atoms with Crippen molar-refractivity contribution < 1.29 is 5.11 Å². The van der Waals surface area contributed by atoms with Gasteiger partial charge in [-0.25, -0.2) is 0 Å². The number of nitrogens with one attached hydrogen (secondary N) is 1. The Bertz CT molecular complexity index is 1240. The first-order valence-corrected chi connectivity index (χ1v) is 14.6. The maximum absolute atomic E-state index is 11.6. The molecule has 5 nitrogen and oxygen atoms in total. The first-order chi connectivity index (χ1) is 18.5. The van der Waals surface area contributed by atoms with E-state index < -0.39 is 6.10 Å². The van der Waals surface area contributed by atoms with E-state index in [0.717, 1.165) is 42.7 Å². The number of rotatable bonds is 8. The van der Waals surface area contributed by atoms with Gasteiger partial charge in [0.2, 0.25) is 0 Å². The van der Waals surface area contributed by atoms with Gasteiger partial charge < -0.3 is 26.0 Å². The van der Waals surface area contributed by atoms with Gasteiger partial charge in [-0.3, -0.25) is 0 Å². The zero-order chi connectivity index (χ0) is 30.3. The average molecular weight is 547 g/mol. The molecule has 3 rings (SSSR count). The summed E-state index contributed by atoms with van der Waals surface area (Å²) >= 11 is 0. The fourth-order valence-corrected chi connectivity index (χ4v) is 7.13. The predicted molar refractivity (Wildman–Crippen MR) is 173 cm³/mol. The minimum Gasteiger partial charge on any atom is -0.399 e. The summed E-state index contributed by atoms with van der Waals surface area (Å²) in [4.78, 5) is 4.44. The number of allylic oxidation sites excluding steroid dienone is 4. The Labute approximate surface area is 244 Å². The Morgan fingerprint density at radius 1 is 1.18 bits per heavy atom. The molecule has 0 bridgehead atoms. The number of aliphatic hydroxyl groups is 1. The number of aliphatic hydroxyl groups excluding tert-OH is 1. The zero-order valence-electron chi connectivity index (χ0n) is 26.8. The van der Waals surface area contributed by atoms with E-state index >= 15 is 0 Å². The van der Waals surface area contributed by atoms with Crippen molar-refractivity contribution in [1.82, 2.24) is 10.2 Å². The molecule has 0 saturated carbocycles. The lowest BCUT2D eigenvalue weighted by Crippen LogP contribution is -2.48. The van der Waals surface area contributed by atoms with Gasteiger partial charge in [0, 0.05) is 56.1 Å². The Morgan fingerprint density at radius 2 is 1.80 bits per heavy atom. The normalized spacial score (nSPS) is 24.6. The third-order valence-corrected chi connectivity index (χ3v) is 8.84. The van der Waals surface area contributed by atoms with Crippen molar-refractivity contribution in [2.75, 3.05) is 39.6 Å². The third-order valence-electron chi connectivity index (χ3n) is 8.84. The molecule has 0 spiro atoms. The molecule has 0 aliphatic heterocycles. The number of likely N-dealkylation sites (N-methyl/N-ethyl adjacent to an activating group) is 1. The van der Waals surface area contributed by atoms with Crippen molar-refractivity contribution in [2.24, 2.45) is 23.0 Å². The summed E-state index contributed by atoms with van der Waals surface area (Å²) < 4.78 is 0. The molecule has 4 N–H and O–H groups in total. The summed E-state index contributed by atoms with van der Waals surface area (Å²) in [5.41, 5.74) is 18.4. The maximum atomic E-state index is 11.6. The first-order valence-electron chi connectivity index (χ1n) is 14.6. The van der Waals surface area contributed by atoms with Crippen LogP contribution < -0.4 is 16.0 Å². The molecule has 0 radical (unpaired) electrons. The lowest BCUT2D eigenvalue weighted by Gasteiger charge is -2.45. The summed E-state index contributed by atoms with van der Waals surface area (Å²) in [7, 11) is 8.42. The van der Waals surface area contributed by atoms with Crippen LogP contribution in [0.15, 0.2) is 59.9 Å². The monoisotopic (exact) mass is 546 g/mol. The largest absolute Gasteiger partial charge is 0.399 e. The van der Waals surface area contributed by atoms with E-state index in [9.17, 15) is 5.11 Å². The number of nitrogens with two attached hydrogens (primary N) is 1. The van der Waals surface area contributed by atoms with Crippen molar-refractivity contribution in [3.05, 3.63) is 82.1 Å². The van der Waals surface area contributed by atoms with Crippen LogP contribution in [0.3, 0.4) is 0 Å². The SMILES string of the molecule is C=C(N)C1=C(C)C(N(C)C)C(CC2Cc3c(N(C)C)cc(CNCC(C)(C)C)c(C)c3C(=C)/C2=C/C)C(O)C1=C. The molecular weight excluding hydrogens is 492 g/mol. The topological polar surface area (TPSA) is 64.8 Å². The van der Waals surface area contributed by atoms with Crippen LogP contribution in [0.4, 0.5) is 5.69 Å². The third kappa shape index (κ3) is 6.17. The van der Waals surface area contributed by atoms with Crippen LogP contribution in [-0.2, 0) is 13.0 Å². The Morgan fingerprint density at radius 3 is 2.30 bits per heavy atom. The van der Waals surface area contributed by atoms with E-state index in [4.69, 9.17) is 5.73 Å². The van der Waals surface area contributed by atoms with Gasteiger partial charge in [-0.2, -0.15) is 0 Å². The van der Waals surface area contributed by atoms with Crippen LogP contribution in [0.2, 0.25) is 0 Å². The molecule has 4 atom stereocenters. The fourth-order valence-electron chi connectivity index (χ4n) is 7.13. The molecule has 4 unspecified atom stereocenters. The van der Waals surface area contributed by atoms with Gasteiger partial charge in [-0.15, -0.1) is 0 Å². The van der Waals surface area contributed by atoms with Gasteiger partial charge in [-0.1, -0.05) is 46.6 Å². The highest BCUT2D eigenvalue weighted by atomic mass is 16.3. The van der Waals surface area contributed by atoms with E-state index in [1.54, 1.807) is 0 Å². The predicted octanol–water partition coefficient (Wildman–Crippen LogP) is 5.98. The Balaban J connectivity index is 2.07. The Kier molecular flexibility index (Phi) is 9.66. The standard InChI is InChI=1S/C35H54N4O/c1-14-27-21(3)32-20(2)26(18-37-19-35(7,8)9)17-30(38(10)11)28(32)15-25(27)16-29-33(39(12)13)22(4)31(24(6)36)23(5)34(29)40/h14,17,25,29,33-34,37,40H,3,5-6,15-16,18-19,36H2,1-2,4,7-13H3/b27-14-. The second-order valence-corrected chi connectivity index (χ2v) is 13.6. The van der Waals surface area contributed by atoms with Gasteiger partial charge in [-0.05, 0) is 110 Å². The van der Waals surface area contributed by atoms with E-state index in [1.165, 1.54) is 33.5 Å². The highest BCUT2D eigenvalue weighted by Gasteiger charge is 2.42. The number of nitrogens with zero attached hydrogens (tertiary/aromatic N) is 2. The number of hydrogen-bond donors (Lipinski definition) is 3. The minimum absolute atomic E-state index is 0.0234. The molecule has 1 aromatic rings. The summed E-state index contributed by atoms with van der Waals surface area (Å²) in [6.07, 6.45) is 3.28. The average Bonchev–Trinajstić information content (AvgIpc) is 2.82. The molecule has 1 aromatic carbocycles. The van der Waals surface area contributed by atoms with Crippen LogP contribution in [0.5, 0.6) is 0 Å².